The van der Waals surface area contributed by atoms with E-state index in [9.17, 15) is 10.2 Å². The van der Waals surface area contributed by atoms with Crippen LogP contribution in [0.15, 0.2) is 91.1 Å². The molecule has 0 aliphatic heterocycles. The monoisotopic (exact) mass is 389 g/mol. The molecule has 0 spiro atoms. The zero-order valence-corrected chi connectivity index (χ0v) is 15.9. The smallest absolute Gasteiger partial charge is 0.220 e. The highest BCUT2D eigenvalue weighted by atomic mass is 16.3. The van der Waals surface area contributed by atoms with Gasteiger partial charge in [-0.1, -0.05) is 66.7 Å². The van der Waals surface area contributed by atoms with Crippen LogP contribution in [0.2, 0.25) is 0 Å². The topological polar surface area (TPSA) is 66.2 Å². The number of hydrogen-bond donors (Lipinski definition) is 2. The van der Waals surface area contributed by atoms with Crippen molar-refractivity contribution < 1.29 is 10.2 Å². The number of fused-ring (bicyclic) bond motifs is 1. The molecular weight excluding hydrogens is 372 g/mol. The molecule has 0 saturated carbocycles. The Morgan fingerprint density at radius 3 is 2.23 bits per heavy atom. The van der Waals surface area contributed by atoms with E-state index in [0.29, 0.717) is 10.9 Å². The molecule has 0 saturated heterocycles. The van der Waals surface area contributed by atoms with Crippen LogP contribution in [0.3, 0.4) is 0 Å². The largest absolute Gasteiger partial charge is 0.508 e. The quantitative estimate of drug-likeness (QED) is 0.407. The van der Waals surface area contributed by atoms with E-state index in [4.69, 9.17) is 4.98 Å². The molecule has 0 atom stereocenters. The minimum Gasteiger partial charge on any atom is -0.508 e. The average molecular weight is 389 g/mol. The van der Waals surface area contributed by atoms with Gasteiger partial charge < -0.3 is 10.2 Å². The lowest BCUT2D eigenvalue weighted by Crippen LogP contribution is -1.95. The van der Waals surface area contributed by atoms with Gasteiger partial charge in [0, 0.05) is 22.9 Å². The van der Waals surface area contributed by atoms with Crippen LogP contribution in [-0.4, -0.2) is 20.2 Å². The second kappa shape index (κ2) is 7.33. The second-order valence-corrected chi connectivity index (χ2v) is 6.98. The van der Waals surface area contributed by atoms with Gasteiger partial charge in [-0.2, -0.15) is 0 Å². The highest BCUT2D eigenvalue weighted by molar-refractivity contribution is 6.00. The number of pyridine rings is 2. The maximum atomic E-state index is 10.5. The zero-order valence-electron chi connectivity index (χ0n) is 15.9. The van der Waals surface area contributed by atoms with Crippen molar-refractivity contribution in [3.05, 3.63) is 97.2 Å². The standard InChI is InChI=1S/C26H17N2O2/c29-20-13-7-12-19(14-20)23-16-27-26(30)22-15-21(17-8-3-1-4-9-17)24(28-25(22)23)18-10-5-2-6-11-18/h1,3-16,29H,(H,27,30). The third-order valence-corrected chi connectivity index (χ3v) is 5.07. The van der Waals surface area contributed by atoms with Crippen molar-refractivity contribution in [1.29, 1.82) is 0 Å². The minimum absolute atomic E-state index is 0.0773. The summed E-state index contributed by atoms with van der Waals surface area (Å²) in [7, 11) is 0. The van der Waals surface area contributed by atoms with Gasteiger partial charge in [0.25, 0.3) is 0 Å². The van der Waals surface area contributed by atoms with Crippen molar-refractivity contribution >= 4 is 10.9 Å². The fraction of sp³-hybridized carbons (Fsp3) is 0. The predicted molar refractivity (Wildman–Crippen MR) is 118 cm³/mol. The van der Waals surface area contributed by atoms with E-state index in [0.717, 1.165) is 33.5 Å². The Hall–Kier alpha value is -4.18. The Morgan fingerprint density at radius 2 is 1.47 bits per heavy atom. The molecule has 0 aliphatic carbocycles. The molecule has 2 aromatic heterocycles. The summed E-state index contributed by atoms with van der Waals surface area (Å²) in [6.07, 6.45) is 1.59. The second-order valence-electron chi connectivity index (χ2n) is 6.98. The van der Waals surface area contributed by atoms with Gasteiger partial charge in [0.15, 0.2) is 0 Å². The zero-order chi connectivity index (χ0) is 20.5. The first-order chi connectivity index (χ1) is 14.7. The molecule has 0 bridgehead atoms. The van der Waals surface area contributed by atoms with Gasteiger partial charge in [-0.15, -0.1) is 0 Å². The summed E-state index contributed by atoms with van der Waals surface area (Å²) < 4.78 is 0. The van der Waals surface area contributed by atoms with Crippen molar-refractivity contribution in [2.75, 3.05) is 0 Å². The number of nitrogens with zero attached hydrogens (tertiary/aromatic N) is 2. The van der Waals surface area contributed by atoms with E-state index in [2.05, 4.69) is 11.1 Å². The molecule has 0 amide bonds. The van der Waals surface area contributed by atoms with E-state index in [1.165, 1.54) is 0 Å². The maximum absolute atomic E-state index is 10.5. The molecule has 2 heterocycles. The molecule has 143 valence electrons. The van der Waals surface area contributed by atoms with Crippen LogP contribution in [0.5, 0.6) is 11.6 Å². The number of phenolic OH excluding ortho intramolecular Hbond substituents is 1. The lowest BCUT2D eigenvalue weighted by Gasteiger charge is -2.14. The van der Waals surface area contributed by atoms with Crippen LogP contribution in [0.4, 0.5) is 0 Å². The van der Waals surface area contributed by atoms with E-state index >= 15 is 0 Å². The first kappa shape index (κ1) is 17.9. The van der Waals surface area contributed by atoms with Crippen LogP contribution >= 0.6 is 0 Å². The van der Waals surface area contributed by atoms with Crippen LogP contribution < -0.4 is 0 Å². The highest BCUT2D eigenvalue weighted by Crippen LogP contribution is 2.39. The van der Waals surface area contributed by atoms with Gasteiger partial charge >= 0.3 is 0 Å². The Morgan fingerprint density at radius 1 is 0.700 bits per heavy atom. The van der Waals surface area contributed by atoms with Crippen molar-refractivity contribution in [1.82, 2.24) is 9.97 Å². The van der Waals surface area contributed by atoms with Crippen LogP contribution in [0.1, 0.15) is 0 Å². The fourth-order valence-electron chi connectivity index (χ4n) is 3.63. The molecule has 1 radical (unpaired) electrons. The molecule has 4 heteroatoms. The van der Waals surface area contributed by atoms with Gasteiger partial charge in [-0.25, -0.2) is 9.97 Å². The van der Waals surface area contributed by atoms with Crippen molar-refractivity contribution in [2.45, 2.75) is 0 Å². The molecule has 4 nitrogen and oxygen atoms in total. The number of aromatic nitrogens is 2. The number of benzene rings is 3. The van der Waals surface area contributed by atoms with Crippen LogP contribution in [0.25, 0.3) is 44.4 Å². The van der Waals surface area contributed by atoms with E-state index in [-0.39, 0.29) is 11.6 Å². The number of hydrogen-bond acceptors (Lipinski definition) is 4. The summed E-state index contributed by atoms with van der Waals surface area (Å²) in [5, 5.41) is 21.0. The summed E-state index contributed by atoms with van der Waals surface area (Å²) in [5.74, 6) is 0.0833. The third-order valence-electron chi connectivity index (χ3n) is 5.07. The summed E-state index contributed by atoms with van der Waals surface area (Å²) in [5.41, 5.74) is 5.79. The Labute approximate surface area is 173 Å². The molecule has 5 rings (SSSR count). The molecule has 5 aromatic rings. The van der Waals surface area contributed by atoms with Crippen LogP contribution in [0, 0.1) is 6.07 Å². The first-order valence-corrected chi connectivity index (χ1v) is 9.55. The number of rotatable bonds is 3. The molecule has 0 fully saturated rings. The van der Waals surface area contributed by atoms with Gasteiger partial charge in [0.05, 0.1) is 16.6 Å². The SMILES string of the molecule is Oc1cccc(-c2cnc(O)c3cc(-c4ccccc4)c(-c4cc[c]cc4)nc23)c1. The molecule has 30 heavy (non-hydrogen) atoms. The van der Waals surface area contributed by atoms with Crippen molar-refractivity contribution in [2.24, 2.45) is 0 Å². The molecule has 0 unspecified atom stereocenters. The average Bonchev–Trinajstić information content (AvgIpc) is 2.80. The predicted octanol–water partition coefficient (Wildman–Crippen LogP) is 5.84. The lowest BCUT2D eigenvalue weighted by molar-refractivity contribution is 0.460. The van der Waals surface area contributed by atoms with E-state index in [1.54, 1.807) is 24.4 Å². The minimum atomic E-state index is -0.0773. The Balaban J connectivity index is 1.86. The van der Waals surface area contributed by atoms with Crippen molar-refractivity contribution in [3.63, 3.8) is 0 Å². The highest BCUT2D eigenvalue weighted by Gasteiger charge is 2.17. The Bertz CT molecular complexity index is 1350. The number of aromatic hydroxyl groups is 2. The number of phenols is 1. The van der Waals surface area contributed by atoms with Crippen molar-refractivity contribution in [3.8, 4) is 45.1 Å². The van der Waals surface area contributed by atoms with Gasteiger partial charge in [0.1, 0.15) is 5.75 Å². The Kier molecular flexibility index (Phi) is 4.37. The summed E-state index contributed by atoms with van der Waals surface area (Å²) in [4.78, 5) is 9.17. The molecule has 3 aromatic carbocycles. The summed E-state index contributed by atoms with van der Waals surface area (Å²) >= 11 is 0. The molecule has 0 aliphatic rings. The van der Waals surface area contributed by atoms with E-state index < -0.39 is 0 Å². The van der Waals surface area contributed by atoms with Crippen LogP contribution in [-0.2, 0) is 0 Å². The van der Waals surface area contributed by atoms with E-state index in [1.807, 2.05) is 66.7 Å². The van der Waals surface area contributed by atoms with Gasteiger partial charge in [-0.3, -0.25) is 0 Å². The molecular formula is C26H17N2O2. The summed E-state index contributed by atoms with van der Waals surface area (Å²) in [6.45, 7) is 0. The maximum Gasteiger partial charge on any atom is 0.220 e. The molecule has 2 N–H and O–H groups in total. The van der Waals surface area contributed by atoms with Gasteiger partial charge in [0.2, 0.25) is 5.88 Å². The third kappa shape index (κ3) is 3.14. The first-order valence-electron chi connectivity index (χ1n) is 9.55. The fourth-order valence-corrected chi connectivity index (χ4v) is 3.63. The lowest BCUT2D eigenvalue weighted by atomic mass is 9.96. The summed E-state index contributed by atoms with van der Waals surface area (Å²) in [6, 6.07) is 29.5. The van der Waals surface area contributed by atoms with Gasteiger partial charge in [-0.05, 0) is 35.4 Å². The normalized spacial score (nSPS) is 10.9.